The lowest BCUT2D eigenvalue weighted by Crippen LogP contribution is -2.45. The molecule has 3 aliphatic rings. The molecule has 3 amide bonds. The molecule has 9 heteroatoms. The van der Waals surface area contributed by atoms with Gasteiger partial charge in [0.1, 0.15) is 6.04 Å². The minimum atomic E-state index is -1.07. The number of halogens is 2. The van der Waals surface area contributed by atoms with Gasteiger partial charge in [0.2, 0.25) is 11.8 Å². The quantitative estimate of drug-likeness (QED) is 0.563. The number of nitrogens with zero attached hydrogens (tertiary/aromatic N) is 1. The van der Waals surface area contributed by atoms with Crippen LogP contribution in [0.2, 0.25) is 10.0 Å². The number of ether oxygens (including phenoxy) is 1. The number of nitrogens with one attached hydrogen (secondary N) is 1. The fraction of sp³-hybridized carbons (Fsp3) is 0.500. The Hall–Kier alpha value is -2.12. The average Bonchev–Trinajstić information content (AvgIpc) is 3.36. The molecule has 2 aliphatic carbocycles. The monoisotopic (exact) mass is 438 g/mol. The zero-order valence-corrected chi connectivity index (χ0v) is 17.2. The molecule has 154 valence electrons. The topological polar surface area (TPSA) is 92.8 Å². The maximum Gasteiger partial charge on any atom is 0.329 e. The Balaban J connectivity index is 1.35. The van der Waals surface area contributed by atoms with Crippen LogP contribution in [0.3, 0.4) is 0 Å². The van der Waals surface area contributed by atoms with Crippen LogP contribution in [0.25, 0.3) is 0 Å². The van der Waals surface area contributed by atoms with Crippen LogP contribution in [-0.4, -0.2) is 41.2 Å². The van der Waals surface area contributed by atoms with Crippen molar-refractivity contribution in [2.45, 2.75) is 32.2 Å². The van der Waals surface area contributed by atoms with Gasteiger partial charge in [-0.25, -0.2) is 4.79 Å². The minimum Gasteiger partial charge on any atom is -0.454 e. The summed E-state index contributed by atoms with van der Waals surface area (Å²) in [5.41, 5.74) is 0.293. The average molecular weight is 439 g/mol. The first kappa shape index (κ1) is 20.2. The molecule has 1 aromatic rings. The summed E-state index contributed by atoms with van der Waals surface area (Å²) in [6.45, 7) is 0.882. The molecule has 2 bridgehead atoms. The number of rotatable bonds is 5. The number of fused-ring (bicyclic) bond motifs is 5. The molecule has 0 unspecified atom stereocenters. The van der Waals surface area contributed by atoms with Crippen molar-refractivity contribution in [1.82, 2.24) is 4.90 Å². The Morgan fingerprint density at radius 2 is 1.79 bits per heavy atom. The zero-order valence-electron chi connectivity index (χ0n) is 15.7. The maximum absolute atomic E-state index is 12.8. The Labute approximate surface area is 177 Å². The number of anilines is 1. The molecule has 5 atom stereocenters. The molecular formula is C20H20Cl2N2O5. The predicted molar refractivity (Wildman–Crippen MR) is 105 cm³/mol. The summed E-state index contributed by atoms with van der Waals surface area (Å²) in [6, 6.07) is 3.51. The Kier molecular flexibility index (Phi) is 5.29. The van der Waals surface area contributed by atoms with E-state index in [-0.39, 0.29) is 40.5 Å². The van der Waals surface area contributed by atoms with Crippen molar-refractivity contribution in [2.75, 3.05) is 11.9 Å². The molecular weight excluding hydrogens is 419 g/mol. The van der Waals surface area contributed by atoms with E-state index in [1.165, 1.54) is 19.1 Å². The van der Waals surface area contributed by atoms with Gasteiger partial charge in [-0.3, -0.25) is 19.3 Å². The van der Waals surface area contributed by atoms with Crippen LogP contribution in [0.5, 0.6) is 0 Å². The van der Waals surface area contributed by atoms with Crippen molar-refractivity contribution in [2.24, 2.45) is 23.7 Å². The van der Waals surface area contributed by atoms with Gasteiger partial charge >= 0.3 is 5.97 Å². The van der Waals surface area contributed by atoms with Crippen molar-refractivity contribution in [3.63, 3.8) is 0 Å². The Morgan fingerprint density at radius 1 is 1.17 bits per heavy atom. The second-order valence-corrected chi connectivity index (χ2v) is 8.73. The van der Waals surface area contributed by atoms with Crippen molar-refractivity contribution in [3.05, 3.63) is 28.2 Å². The van der Waals surface area contributed by atoms with Crippen molar-refractivity contribution >= 4 is 52.6 Å². The number of benzene rings is 1. The van der Waals surface area contributed by atoms with Gasteiger partial charge in [0.25, 0.3) is 5.91 Å². The zero-order chi connectivity index (χ0) is 20.9. The molecule has 1 aromatic carbocycles. The summed E-state index contributed by atoms with van der Waals surface area (Å²) in [5, 5.41) is 3.18. The molecule has 29 heavy (non-hydrogen) atoms. The number of imide groups is 1. The molecule has 1 N–H and O–H groups in total. The number of likely N-dealkylation sites (tertiary alicyclic amines) is 1. The molecule has 3 fully saturated rings. The van der Waals surface area contributed by atoms with Crippen molar-refractivity contribution in [3.8, 4) is 0 Å². The molecule has 0 spiro atoms. The molecule has 4 rings (SSSR count). The van der Waals surface area contributed by atoms with Crippen LogP contribution in [0, 0.1) is 23.7 Å². The normalized spacial score (nSPS) is 28.4. The molecule has 7 nitrogen and oxygen atoms in total. The fourth-order valence-electron chi connectivity index (χ4n) is 4.96. The van der Waals surface area contributed by atoms with Gasteiger partial charge in [-0.05, 0) is 56.2 Å². The van der Waals surface area contributed by atoms with Gasteiger partial charge in [-0.15, -0.1) is 0 Å². The standard InChI is InChI=1S/C20H20Cl2N2O5/c1-9(24-18(26)16-10-2-3-11(6-10)17(16)19(24)27)20(28)29-8-15(25)23-14-7-12(21)4-5-13(14)22/h4-5,7,9-11,16-17H,2-3,6,8H2,1H3,(H,23,25)/t9-,10+,11+,16-,17-/m1/s1. The lowest BCUT2D eigenvalue weighted by atomic mass is 9.81. The minimum absolute atomic E-state index is 0.239. The van der Waals surface area contributed by atoms with E-state index in [4.69, 9.17) is 27.9 Å². The number of hydrogen-bond acceptors (Lipinski definition) is 5. The SMILES string of the molecule is C[C@H](C(=O)OCC(=O)Nc1cc(Cl)ccc1Cl)N1C(=O)[C@@H]2[C@H]3CC[C@@H](C3)[C@H]2C1=O. The van der Waals surface area contributed by atoms with Crippen LogP contribution in [0.4, 0.5) is 5.69 Å². The van der Waals surface area contributed by atoms with Crippen LogP contribution >= 0.6 is 23.2 Å². The lowest BCUT2D eigenvalue weighted by molar-refractivity contribution is -0.159. The van der Waals surface area contributed by atoms with Gasteiger partial charge in [0.15, 0.2) is 6.61 Å². The summed E-state index contributed by atoms with van der Waals surface area (Å²) in [4.78, 5) is 51.1. The van der Waals surface area contributed by atoms with E-state index in [2.05, 4.69) is 5.32 Å². The first-order valence-corrected chi connectivity index (χ1v) is 10.3. The van der Waals surface area contributed by atoms with Gasteiger partial charge in [0.05, 0.1) is 22.5 Å². The highest BCUT2D eigenvalue weighted by molar-refractivity contribution is 6.35. The molecule has 1 heterocycles. The molecule has 2 saturated carbocycles. The molecule has 0 radical (unpaired) electrons. The number of carbonyl (C=O) groups excluding carboxylic acids is 4. The van der Waals surface area contributed by atoms with E-state index in [9.17, 15) is 19.2 Å². The summed E-state index contributed by atoms with van der Waals surface area (Å²) in [7, 11) is 0. The molecule has 0 aromatic heterocycles. The first-order valence-electron chi connectivity index (χ1n) is 9.56. The van der Waals surface area contributed by atoms with E-state index in [1.54, 1.807) is 6.07 Å². The summed E-state index contributed by atoms with van der Waals surface area (Å²) < 4.78 is 5.04. The first-order chi connectivity index (χ1) is 13.8. The summed E-state index contributed by atoms with van der Waals surface area (Å²) in [6.07, 6.45) is 2.85. The number of esters is 1. The largest absolute Gasteiger partial charge is 0.454 e. The predicted octanol–water partition coefficient (Wildman–Crippen LogP) is 2.89. The number of hydrogen-bond donors (Lipinski definition) is 1. The maximum atomic E-state index is 12.8. The second kappa shape index (κ2) is 7.61. The van der Waals surface area contributed by atoms with Crippen LogP contribution in [0.15, 0.2) is 18.2 Å². The highest BCUT2D eigenvalue weighted by Gasteiger charge is 2.62. The Bertz CT molecular complexity index is 877. The third kappa shape index (κ3) is 3.51. The van der Waals surface area contributed by atoms with E-state index in [0.29, 0.717) is 10.7 Å². The van der Waals surface area contributed by atoms with Crippen LogP contribution in [-0.2, 0) is 23.9 Å². The van der Waals surface area contributed by atoms with Crippen LogP contribution < -0.4 is 5.32 Å². The third-order valence-corrected chi connectivity index (χ3v) is 6.80. The fourth-order valence-corrected chi connectivity index (χ4v) is 5.29. The van der Waals surface area contributed by atoms with Gasteiger partial charge in [-0.1, -0.05) is 23.2 Å². The highest BCUT2D eigenvalue weighted by atomic mass is 35.5. The lowest BCUT2D eigenvalue weighted by Gasteiger charge is -2.23. The third-order valence-electron chi connectivity index (χ3n) is 6.24. The smallest absolute Gasteiger partial charge is 0.329 e. The Morgan fingerprint density at radius 3 is 2.41 bits per heavy atom. The van der Waals surface area contributed by atoms with E-state index in [1.807, 2.05) is 0 Å². The van der Waals surface area contributed by atoms with Crippen molar-refractivity contribution in [1.29, 1.82) is 0 Å². The number of amides is 3. The van der Waals surface area contributed by atoms with Crippen molar-refractivity contribution < 1.29 is 23.9 Å². The van der Waals surface area contributed by atoms with Crippen LogP contribution in [0.1, 0.15) is 26.2 Å². The molecule has 1 aliphatic heterocycles. The van der Waals surface area contributed by atoms with Gasteiger partial charge < -0.3 is 10.1 Å². The van der Waals surface area contributed by atoms with Gasteiger partial charge in [-0.2, -0.15) is 0 Å². The summed E-state index contributed by atoms with van der Waals surface area (Å²) >= 11 is 11.9. The van der Waals surface area contributed by atoms with E-state index >= 15 is 0 Å². The van der Waals surface area contributed by atoms with E-state index < -0.39 is 24.5 Å². The highest BCUT2D eigenvalue weighted by Crippen LogP contribution is 2.56. The van der Waals surface area contributed by atoms with E-state index in [0.717, 1.165) is 24.2 Å². The van der Waals surface area contributed by atoms with Gasteiger partial charge in [0, 0.05) is 5.02 Å². The molecule has 1 saturated heterocycles. The second-order valence-electron chi connectivity index (χ2n) is 7.89. The summed E-state index contributed by atoms with van der Waals surface area (Å²) in [5.74, 6) is -2.10. The number of carbonyl (C=O) groups is 4.